The number of ether oxygens (including phenoxy) is 1. The fraction of sp³-hybridized carbons (Fsp3) is 0.562. The lowest BCUT2D eigenvalue weighted by Crippen LogP contribution is -2.43. The number of aliphatic imine (C=N–C) groups is 1. The second-order valence-corrected chi connectivity index (χ2v) is 7.91. The molecule has 1 atom stereocenters. The maximum atomic E-state index is 13.1. The third-order valence-electron chi connectivity index (χ3n) is 3.17. The zero-order valence-electron chi connectivity index (χ0n) is 14.7. The van der Waals surface area contributed by atoms with Crippen LogP contribution in [-0.2, 0) is 9.84 Å². The van der Waals surface area contributed by atoms with Gasteiger partial charge in [0.2, 0.25) is 0 Å². The van der Waals surface area contributed by atoms with Crippen molar-refractivity contribution in [3.63, 3.8) is 0 Å². The van der Waals surface area contributed by atoms with Gasteiger partial charge < -0.3 is 15.4 Å². The molecule has 1 aromatic rings. The Morgan fingerprint density at radius 2 is 2.04 bits per heavy atom. The van der Waals surface area contributed by atoms with E-state index in [2.05, 4.69) is 15.6 Å². The van der Waals surface area contributed by atoms with E-state index in [-0.39, 0.29) is 24.2 Å². The smallest absolute Gasteiger partial charge is 0.191 e. The van der Waals surface area contributed by atoms with Crippen LogP contribution in [0.4, 0.5) is 8.78 Å². The van der Waals surface area contributed by atoms with Crippen molar-refractivity contribution in [2.75, 3.05) is 31.7 Å². The van der Waals surface area contributed by atoms with E-state index < -0.39 is 21.5 Å². The Labute approximate surface area is 147 Å². The highest BCUT2D eigenvalue weighted by atomic mass is 32.2. The average Bonchev–Trinajstić information content (AvgIpc) is 2.52. The van der Waals surface area contributed by atoms with Crippen LogP contribution in [0.5, 0.6) is 5.75 Å². The first-order chi connectivity index (χ1) is 11.7. The lowest BCUT2D eigenvalue weighted by Gasteiger charge is -2.17. The van der Waals surface area contributed by atoms with Gasteiger partial charge >= 0.3 is 0 Å². The van der Waals surface area contributed by atoms with E-state index >= 15 is 0 Å². The van der Waals surface area contributed by atoms with Gasteiger partial charge in [0.25, 0.3) is 0 Å². The molecule has 0 spiro atoms. The van der Waals surface area contributed by atoms with Gasteiger partial charge in [-0.15, -0.1) is 0 Å². The molecular weight excluding hydrogens is 352 g/mol. The van der Waals surface area contributed by atoms with E-state index in [1.54, 1.807) is 0 Å². The number of nitrogens with one attached hydrogen (secondary N) is 2. The number of rotatable bonds is 9. The van der Waals surface area contributed by atoms with E-state index in [0.717, 1.165) is 12.1 Å². The Hall–Kier alpha value is -1.90. The molecule has 0 fully saturated rings. The maximum Gasteiger partial charge on any atom is 0.191 e. The minimum atomic E-state index is -3.00. The summed E-state index contributed by atoms with van der Waals surface area (Å²) in [6.45, 7) is 4.92. The monoisotopic (exact) mass is 377 g/mol. The number of sulfone groups is 1. The SMILES string of the molecule is CCNC(=NCCOc1ccc(F)c(F)c1)NC(C)CCS(C)(=O)=O. The summed E-state index contributed by atoms with van der Waals surface area (Å²) in [6.07, 6.45) is 1.67. The summed E-state index contributed by atoms with van der Waals surface area (Å²) >= 11 is 0. The number of guanidine groups is 1. The number of hydrogen-bond acceptors (Lipinski definition) is 4. The average molecular weight is 377 g/mol. The molecule has 9 heteroatoms. The van der Waals surface area contributed by atoms with E-state index in [1.165, 1.54) is 12.3 Å². The first-order valence-corrected chi connectivity index (χ1v) is 10.1. The van der Waals surface area contributed by atoms with Crippen LogP contribution in [0.25, 0.3) is 0 Å². The summed E-state index contributed by atoms with van der Waals surface area (Å²) in [6, 6.07) is 3.26. The van der Waals surface area contributed by atoms with Gasteiger partial charge in [-0.2, -0.15) is 0 Å². The minimum Gasteiger partial charge on any atom is -0.492 e. The maximum absolute atomic E-state index is 13.1. The molecule has 1 aromatic carbocycles. The standard InChI is InChI=1S/C16H25F2N3O3S/c1-4-19-16(21-12(2)7-10-25(3,22)23)20-8-9-24-13-5-6-14(17)15(18)11-13/h5-6,11-12H,4,7-10H2,1-3H3,(H2,19,20,21). The first kappa shape index (κ1) is 21.1. The van der Waals surface area contributed by atoms with E-state index in [1.807, 2.05) is 13.8 Å². The number of benzene rings is 1. The van der Waals surface area contributed by atoms with Crippen molar-refractivity contribution in [3.8, 4) is 5.75 Å². The fourth-order valence-electron chi connectivity index (χ4n) is 1.90. The van der Waals surface area contributed by atoms with Crippen LogP contribution in [-0.4, -0.2) is 52.1 Å². The molecule has 0 bridgehead atoms. The van der Waals surface area contributed by atoms with Gasteiger partial charge in [-0.05, 0) is 32.4 Å². The summed E-state index contributed by atoms with van der Waals surface area (Å²) in [4.78, 5) is 4.31. The zero-order chi connectivity index (χ0) is 18.9. The number of halogens is 2. The zero-order valence-corrected chi connectivity index (χ0v) is 15.5. The van der Waals surface area contributed by atoms with Crippen LogP contribution in [0.3, 0.4) is 0 Å². The van der Waals surface area contributed by atoms with Crippen LogP contribution in [0.2, 0.25) is 0 Å². The lowest BCUT2D eigenvalue weighted by atomic mass is 10.3. The topological polar surface area (TPSA) is 79.8 Å². The van der Waals surface area contributed by atoms with E-state index in [9.17, 15) is 17.2 Å². The summed E-state index contributed by atoms with van der Waals surface area (Å²) in [5.41, 5.74) is 0. The summed E-state index contributed by atoms with van der Waals surface area (Å²) in [5, 5.41) is 6.17. The molecule has 0 aliphatic heterocycles. The molecule has 142 valence electrons. The van der Waals surface area contributed by atoms with Gasteiger partial charge in [0, 0.05) is 24.9 Å². The number of hydrogen-bond donors (Lipinski definition) is 2. The van der Waals surface area contributed by atoms with Gasteiger partial charge in [0.1, 0.15) is 22.2 Å². The Balaban J connectivity index is 2.47. The van der Waals surface area contributed by atoms with Crippen LogP contribution < -0.4 is 15.4 Å². The summed E-state index contributed by atoms with van der Waals surface area (Å²) < 4.78 is 53.6. The molecular formula is C16H25F2N3O3S. The van der Waals surface area contributed by atoms with Crippen molar-refractivity contribution in [1.29, 1.82) is 0 Å². The third-order valence-corrected chi connectivity index (χ3v) is 4.15. The van der Waals surface area contributed by atoms with Crippen LogP contribution in [0, 0.1) is 11.6 Å². The van der Waals surface area contributed by atoms with Gasteiger partial charge in [-0.1, -0.05) is 0 Å². The quantitative estimate of drug-likeness (QED) is 0.389. The Morgan fingerprint density at radius 3 is 2.64 bits per heavy atom. The molecule has 0 aromatic heterocycles. The van der Waals surface area contributed by atoms with Crippen molar-refractivity contribution in [2.45, 2.75) is 26.3 Å². The fourth-order valence-corrected chi connectivity index (χ4v) is 2.69. The minimum absolute atomic E-state index is 0.0698. The molecule has 1 rings (SSSR count). The highest BCUT2D eigenvalue weighted by Gasteiger charge is 2.09. The Bertz CT molecular complexity index is 681. The molecule has 0 saturated carbocycles. The molecule has 0 amide bonds. The second kappa shape index (κ2) is 10.2. The Kier molecular flexibility index (Phi) is 8.60. The van der Waals surface area contributed by atoms with Crippen molar-refractivity contribution in [2.24, 2.45) is 4.99 Å². The molecule has 2 N–H and O–H groups in total. The summed E-state index contributed by atoms with van der Waals surface area (Å²) in [7, 11) is -3.00. The third kappa shape index (κ3) is 9.23. The van der Waals surface area contributed by atoms with Crippen molar-refractivity contribution in [3.05, 3.63) is 29.8 Å². The van der Waals surface area contributed by atoms with E-state index in [4.69, 9.17) is 4.74 Å². The molecule has 1 unspecified atom stereocenters. The van der Waals surface area contributed by atoms with Crippen molar-refractivity contribution in [1.82, 2.24) is 10.6 Å². The molecule has 0 aliphatic carbocycles. The van der Waals surface area contributed by atoms with Gasteiger partial charge in [-0.3, -0.25) is 0 Å². The molecule has 0 heterocycles. The molecule has 0 aliphatic rings. The van der Waals surface area contributed by atoms with Crippen molar-refractivity contribution >= 4 is 15.8 Å². The second-order valence-electron chi connectivity index (χ2n) is 5.65. The predicted molar refractivity (Wildman–Crippen MR) is 94.8 cm³/mol. The van der Waals surface area contributed by atoms with Gasteiger partial charge in [0.15, 0.2) is 17.6 Å². The van der Waals surface area contributed by atoms with Gasteiger partial charge in [0.05, 0.1) is 12.3 Å². The lowest BCUT2D eigenvalue weighted by molar-refractivity contribution is 0.325. The highest BCUT2D eigenvalue weighted by Crippen LogP contribution is 2.15. The number of nitrogens with zero attached hydrogens (tertiary/aromatic N) is 1. The van der Waals surface area contributed by atoms with Gasteiger partial charge in [-0.25, -0.2) is 22.2 Å². The van der Waals surface area contributed by atoms with Crippen LogP contribution in [0.15, 0.2) is 23.2 Å². The largest absolute Gasteiger partial charge is 0.492 e. The highest BCUT2D eigenvalue weighted by molar-refractivity contribution is 7.90. The van der Waals surface area contributed by atoms with Crippen molar-refractivity contribution < 1.29 is 21.9 Å². The predicted octanol–water partition coefficient (Wildman–Crippen LogP) is 1.72. The first-order valence-electron chi connectivity index (χ1n) is 8.01. The molecule has 6 nitrogen and oxygen atoms in total. The molecule has 0 saturated heterocycles. The molecule has 25 heavy (non-hydrogen) atoms. The normalized spacial score (nSPS) is 13.4. The Morgan fingerprint density at radius 1 is 1.32 bits per heavy atom. The van der Waals surface area contributed by atoms with Crippen LogP contribution in [0.1, 0.15) is 20.3 Å². The van der Waals surface area contributed by atoms with E-state index in [0.29, 0.717) is 25.5 Å². The summed E-state index contributed by atoms with van der Waals surface area (Å²) in [5.74, 6) is -1.02. The van der Waals surface area contributed by atoms with Crippen LogP contribution >= 0.6 is 0 Å². The molecule has 0 radical (unpaired) electrons.